The lowest BCUT2D eigenvalue weighted by Crippen LogP contribution is -2.18. The summed E-state index contributed by atoms with van der Waals surface area (Å²) < 4.78 is 33.6. The quantitative estimate of drug-likeness (QED) is 0.139. The molecule has 2 heterocycles. The molecule has 4 N–H and O–H groups in total. The largest absolute Gasteiger partial charge is 0.497 e. The normalized spacial score (nSPS) is 12.0. The van der Waals surface area contributed by atoms with E-state index in [1.165, 1.54) is 43.4 Å². The third-order valence-electron chi connectivity index (χ3n) is 6.45. The van der Waals surface area contributed by atoms with Gasteiger partial charge in [-0.2, -0.15) is 9.98 Å². The lowest BCUT2D eigenvalue weighted by Gasteiger charge is -2.21. The van der Waals surface area contributed by atoms with Crippen LogP contribution in [-0.4, -0.2) is 69.0 Å². The van der Waals surface area contributed by atoms with Crippen LogP contribution in [0.4, 0.5) is 10.1 Å². The number of hydrogen-bond donors (Lipinski definition) is 3. The van der Waals surface area contributed by atoms with Gasteiger partial charge in [0.25, 0.3) is 11.9 Å². The van der Waals surface area contributed by atoms with E-state index in [-0.39, 0.29) is 48.1 Å². The van der Waals surface area contributed by atoms with Gasteiger partial charge in [-0.15, -0.1) is 9.78 Å². The summed E-state index contributed by atoms with van der Waals surface area (Å²) >= 11 is 0. The topological polar surface area (TPSA) is 172 Å². The number of nitrogens with two attached hydrogens (primary N) is 1. The summed E-state index contributed by atoms with van der Waals surface area (Å²) in [5.41, 5.74) is 7.64. The van der Waals surface area contributed by atoms with Crippen LogP contribution in [0.5, 0.6) is 17.5 Å². The van der Waals surface area contributed by atoms with Crippen LogP contribution >= 0.6 is 0 Å². The molecule has 0 spiro atoms. The molecule has 1 unspecified atom stereocenters. The number of aliphatic imine (C=N–C) groups is 1. The zero-order chi connectivity index (χ0) is 31.8. The van der Waals surface area contributed by atoms with Crippen LogP contribution in [0, 0.1) is 5.82 Å². The van der Waals surface area contributed by atoms with Gasteiger partial charge in [-0.3, -0.25) is 4.79 Å². The number of aliphatic hydroxyl groups excluding tert-OH is 1. The molecule has 1 amide bonds. The molecule has 3 aromatic carbocycles. The number of nitrogens with one attached hydrogen (secondary N) is 1. The second-order valence-corrected chi connectivity index (χ2v) is 9.34. The molecule has 14 heteroatoms. The summed E-state index contributed by atoms with van der Waals surface area (Å²) in [4.78, 5) is 29.4. The highest BCUT2D eigenvalue weighted by Gasteiger charge is 2.28. The van der Waals surface area contributed by atoms with Gasteiger partial charge in [0.05, 0.1) is 20.8 Å². The van der Waals surface area contributed by atoms with Gasteiger partial charge < -0.3 is 30.4 Å². The standard InChI is InChI=1S/C31H29FN8O5/c1-43-22-17-23(25(32)24(18-22)45-16-15-41)26(28-38-31(44-2)40(39-28)30-34-13-6-14-35-30)36-21-11-9-19(10-12-21)27(33)37-29(42)20-7-4-3-5-8-20/h3-14,17-18,26,36,41H,15-16H2,1-2H3,(H2,33,37,42). The number of ether oxygens (including phenoxy) is 3. The molecule has 45 heavy (non-hydrogen) atoms. The highest BCUT2D eigenvalue weighted by molar-refractivity contribution is 6.08. The lowest BCUT2D eigenvalue weighted by molar-refractivity contribution is 0.100. The Labute approximate surface area is 257 Å². The Hall–Kier alpha value is -5.89. The van der Waals surface area contributed by atoms with Crippen molar-refractivity contribution in [3.05, 3.63) is 114 Å². The molecule has 0 fully saturated rings. The van der Waals surface area contributed by atoms with Gasteiger partial charge in [0, 0.05) is 40.8 Å². The summed E-state index contributed by atoms with van der Waals surface area (Å²) in [6, 6.07) is 18.8. The van der Waals surface area contributed by atoms with Crippen molar-refractivity contribution < 1.29 is 28.5 Å². The third-order valence-corrected chi connectivity index (χ3v) is 6.45. The minimum Gasteiger partial charge on any atom is -0.497 e. The van der Waals surface area contributed by atoms with Gasteiger partial charge in [-0.05, 0) is 48.5 Å². The Bertz CT molecular complexity index is 1780. The van der Waals surface area contributed by atoms with Crippen molar-refractivity contribution in [1.29, 1.82) is 0 Å². The van der Waals surface area contributed by atoms with Crippen molar-refractivity contribution in [2.24, 2.45) is 10.7 Å². The molecule has 0 aliphatic heterocycles. The summed E-state index contributed by atoms with van der Waals surface area (Å²) in [5.74, 6) is -0.699. The van der Waals surface area contributed by atoms with Crippen LogP contribution in [0.1, 0.15) is 33.4 Å². The monoisotopic (exact) mass is 612 g/mol. The Morgan fingerprint density at radius 1 is 1.02 bits per heavy atom. The number of hydrogen-bond acceptors (Lipinski definition) is 10. The number of nitrogens with zero attached hydrogens (tertiary/aromatic N) is 6. The number of rotatable bonds is 12. The van der Waals surface area contributed by atoms with Crippen molar-refractivity contribution in [2.75, 3.05) is 32.8 Å². The minimum absolute atomic E-state index is 0.0319. The van der Waals surface area contributed by atoms with Crippen molar-refractivity contribution >= 4 is 17.4 Å². The van der Waals surface area contributed by atoms with Crippen LogP contribution in [-0.2, 0) is 0 Å². The van der Waals surface area contributed by atoms with Crippen LogP contribution in [0.25, 0.3) is 5.95 Å². The Balaban J connectivity index is 1.53. The highest BCUT2D eigenvalue weighted by atomic mass is 19.1. The summed E-state index contributed by atoms with van der Waals surface area (Å²) in [5, 5.41) is 17.1. The summed E-state index contributed by atoms with van der Waals surface area (Å²) in [6.07, 6.45) is 3.07. The van der Waals surface area contributed by atoms with Crippen molar-refractivity contribution in [3.8, 4) is 23.5 Å². The number of halogens is 1. The number of anilines is 1. The van der Waals surface area contributed by atoms with E-state index >= 15 is 4.39 Å². The number of benzene rings is 3. The van der Waals surface area contributed by atoms with Crippen LogP contribution in [0.15, 0.2) is 90.2 Å². The van der Waals surface area contributed by atoms with Crippen LogP contribution in [0.2, 0.25) is 0 Å². The lowest BCUT2D eigenvalue weighted by atomic mass is 10.0. The smallest absolute Gasteiger partial charge is 0.322 e. The van der Waals surface area contributed by atoms with E-state index in [1.807, 2.05) is 0 Å². The van der Waals surface area contributed by atoms with Gasteiger partial charge in [0.1, 0.15) is 24.2 Å². The van der Waals surface area contributed by atoms with E-state index in [2.05, 4.69) is 30.4 Å². The molecule has 5 aromatic rings. The molecular formula is C31H29FN8O5. The summed E-state index contributed by atoms with van der Waals surface area (Å²) in [6.45, 7) is -0.450. The van der Waals surface area contributed by atoms with Gasteiger partial charge in [-0.1, -0.05) is 18.2 Å². The zero-order valence-corrected chi connectivity index (χ0v) is 24.3. The maximum Gasteiger partial charge on any atom is 0.322 e. The fourth-order valence-electron chi connectivity index (χ4n) is 4.28. The molecule has 230 valence electrons. The van der Waals surface area contributed by atoms with E-state index in [1.54, 1.807) is 60.7 Å². The zero-order valence-electron chi connectivity index (χ0n) is 24.3. The second-order valence-electron chi connectivity index (χ2n) is 9.34. The van der Waals surface area contributed by atoms with Crippen molar-refractivity contribution in [3.63, 3.8) is 0 Å². The number of methoxy groups -OCH3 is 2. The van der Waals surface area contributed by atoms with E-state index in [9.17, 15) is 9.90 Å². The van der Waals surface area contributed by atoms with Crippen molar-refractivity contribution in [2.45, 2.75) is 6.04 Å². The van der Waals surface area contributed by atoms with Crippen molar-refractivity contribution in [1.82, 2.24) is 24.7 Å². The highest BCUT2D eigenvalue weighted by Crippen LogP contribution is 2.36. The Morgan fingerprint density at radius 2 is 1.76 bits per heavy atom. The molecule has 13 nitrogen and oxygen atoms in total. The molecule has 5 rings (SSSR count). The average molecular weight is 613 g/mol. The second kappa shape index (κ2) is 14.1. The fourth-order valence-corrected chi connectivity index (χ4v) is 4.28. The molecule has 0 aliphatic rings. The molecule has 0 radical (unpaired) electrons. The first kappa shape index (κ1) is 30.6. The number of amides is 1. The van der Waals surface area contributed by atoms with E-state index in [4.69, 9.17) is 19.9 Å². The van der Waals surface area contributed by atoms with Gasteiger partial charge >= 0.3 is 6.01 Å². The first-order valence-corrected chi connectivity index (χ1v) is 13.6. The Morgan fingerprint density at radius 3 is 2.42 bits per heavy atom. The van der Waals surface area contributed by atoms with Gasteiger partial charge in [-0.25, -0.2) is 14.4 Å². The predicted molar refractivity (Wildman–Crippen MR) is 162 cm³/mol. The average Bonchev–Trinajstić information content (AvgIpc) is 3.52. The molecule has 0 saturated heterocycles. The number of aromatic nitrogens is 5. The Kier molecular flexibility index (Phi) is 9.55. The number of aliphatic hydroxyl groups is 1. The minimum atomic E-state index is -1.02. The van der Waals surface area contributed by atoms with Crippen LogP contribution in [0.3, 0.4) is 0 Å². The third kappa shape index (κ3) is 7.02. The maximum absolute atomic E-state index is 16.0. The molecule has 0 bridgehead atoms. The molecule has 2 aromatic heterocycles. The molecule has 0 aliphatic carbocycles. The summed E-state index contributed by atoms with van der Waals surface area (Å²) in [7, 11) is 2.85. The first-order chi connectivity index (χ1) is 21.9. The molecular weight excluding hydrogens is 583 g/mol. The van der Waals surface area contributed by atoms with E-state index in [0.717, 1.165) is 0 Å². The first-order valence-electron chi connectivity index (χ1n) is 13.6. The maximum atomic E-state index is 16.0. The molecule has 1 atom stereocenters. The van der Waals surface area contributed by atoms with Gasteiger partial charge in [0.2, 0.25) is 0 Å². The van der Waals surface area contributed by atoms with Crippen LogP contribution < -0.4 is 25.3 Å². The fraction of sp³-hybridized carbons (Fsp3) is 0.161. The predicted octanol–water partition coefficient (Wildman–Crippen LogP) is 3.33. The SMILES string of the molecule is COc1cc(OCCO)c(F)c(C(Nc2ccc(C(N)=NC(=O)c3ccccc3)cc2)c2nc(OC)n(-c3ncccn3)n2)c1. The van der Waals surface area contributed by atoms with E-state index in [0.29, 0.717) is 22.6 Å². The molecule has 0 saturated carbocycles. The van der Waals surface area contributed by atoms with E-state index < -0.39 is 17.8 Å². The number of amidine groups is 1. The number of carbonyl (C=O) groups is 1. The number of carbonyl (C=O) groups excluding carboxylic acids is 1. The van der Waals surface area contributed by atoms with Gasteiger partial charge in [0.15, 0.2) is 17.4 Å².